The van der Waals surface area contributed by atoms with E-state index in [1.807, 2.05) is 24.4 Å². The summed E-state index contributed by atoms with van der Waals surface area (Å²) in [5.74, 6) is 0.772. The molecule has 3 aromatic heterocycles. The maximum Gasteiger partial charge on any atom is 0.156 e. The van der Waals surface area contributed by atoms with Gasteiger partial charge in [-0.05, 0) is 23.8 Å². The van der Waals surface area contributed by atoms with E-state index in [1.165, 1.54) is 0 Å². The number of aromatic amines is 1. The van der Waals surface area contributed by atoms with Crippen molar-refractivity contribution in [3.63, 3.8) is 0 Å². The van der Waals surface area contributed by atoms with E-state index in [0.29, 0.717) is 6.54 Å². The Hall–Kier alpha value is -2.43. The van der Waals surface area contributed by atoms with Gasteiger partial charge in [-0.1, -0.05) is 0 Å². The molecule has 0 atom stereocenters. The predicted octanol–water partition coefficient (Wildman–Crippen LogP) is 1.96. The Morgan fingerprint density at radius 3 is 2.94 bits per heavy atom. The number of rotatable bonds is 3. The second kappa shape index (κ2) is 4.21. The minimum absolute atomic E-state index is 0.715. The zero-order valence-corrected chi connectivity index (χ0v) is 9.09. The van der Waals surface area contributed by atoms with Gasteiger partial charge in [-0.2, -0.15) is 0 Å². The van der Waals surface area contributed by atoms with Crippen LogP contribution >= 0.6 is 0 Å². The monoisotopic (exact) mass is 225 g/mol. The van der Waals surface area contributed by atoms with Crippen molar-refractivity contribution in [1.82, 2.24) is 19.9 Å². The van der Waals surface area contributed by atoms with Crippen LogP contribution < -0.4 is 5.32 Å². The summed E-state index contributed by atoms with van der Waals surface area (Å²) in [6.07, 6.45) is 7.10. The van der Waals surface area contributed by atoms with Gasteiger partial charge in [0.25, 0.3) is 0 Å². The summed E-state index contributed by atoms with van der Waals surface area (Å²) < 4.78 is 0. The molecule has 0 aliphatic heterocycles. The Balaban J connectivity index is 1.76. The molecule has 0 unspecified atom stereocenters. The topological polar surface area (TPSA) is 66.5 Å². The lowest BCUT2D eigenvalue weighted by molar-refractivity contribution is 1.09. The quantitative estimate of drug-likeness (QED) is 0.715. The summed E-state index contributed by atoms with van der Waals surface area (Å²) in [6.45, 7) is 0.715. The molecule has 3 rings (SSSR count). The first kappa shape index (κ1) is 9.77. The third kappa shape index (κ3) is 2.08. The van der Waals surface area contributed by atoms with E-state index in [-0.39, 0.29) is 0 Å². The Morgan fingerprint density at radius 2 is 2.06 bits per heavy atom. The minimum atomic E-state index is 0.715. The van der Waals surface area contributed by atoms with Gasteiger partial charge in [-0.15, -0.1) is 0 Å². The van der Waals surface area contributed by atoms with E-state index in [9.17, 15) is 0 Å². The van der Waals surface area contributed by atoms with Gasteiger partial charge in [0.1, 0.15) is 11.3 Å². The second-order valence-electron chi connectivity index (χ2n) is 3.68. The molecule has 2 N–H and O–H groups in total. The molecule has 0 aliphatic carbocycles. The third-order valence-electron chi connectivity index (χ3n) is 2.48. The molecule has 0 fully saturated rings. The number of nitrogens with zero attached hydrogens (tertiary/aromatic N) is 3. The van der Waals surface area contributed by atoms with E-state index in [0.717, 1.165) is 22.5 Å². The van der Waals surface area contributed by atoms with Crippen molar-refractivity contribution in [2.45, 2.75) is 6.54 Å². The van der Waals surface area contributed by atoms with Gasteiger partial charge in [-0.3, -0.25) is 4.98 Å². The lowest BCUT2D eigenvalue weighted by Crippen LogP contribution is -2.01. The fourth-order valence-corrected chi connectivity index (χ4v) is 1.61. The predicted molar refractivity (Wildman–Crippen MR) is 65.5 cm³/mol. The summed E-state index contributed by atoms with van der Waals surface area (Å²) in [5, 5.41) is 3.23. The summed E-state index contributed by atoms with van der Waals surface area (Å²) >= 11 is 0. The van der Waals surface area contributed by atoms with Crippen LogP contribution in [0.15, 0.2) is 43.0 Å². The van der Waals surface area contributed by atoms with Crippen LogP contribution in [0.3, 0.4) is 0 Å². The smallest absolute Gasteiger partial charge is 0.156 e. The number of aromatic nitrogens is 4. The number of fused-ring (bicyclic) bond motifs is 1. The third-order valence-corrected chi connectivity index (χ3v) is 2.48. The molecule has 3 aromatic rings. The second-order valence-corrected chi connectivity index (χ2v) is 3.68. The van der Waals surface area contributed by atoms with Crippen molar-refractivity contribution >= 4 is 17.0 Å². The molecule has 0 saturated carbocycles. The fraction of sp³-hybridized carbons (Fsp3) is 0.0833. The molecule has 84 valence electrons. The molecule has 0 saturated heterocycles. The Labute approximate surface area is 98.0 Å². The van der Waals surface area contributed by atoms with Crippen molar-refractivity contribution in [2.24, 2.45) is 0 Å². The van der Waals surface area contributed by atoms with Gasteiger partial charge in [0.2, 0.25) is 0 Å². The number of H-pyrrole nitrogens is 1. The molecule has 0 amide bonds. The van der Waals surface area contributed by atoms with E-state index in [1.54, 1.807) is 18.6 Å². The first-order valence-electron chi connectivity index (χ1n) is 5.35. The molecule has 5 heteroatoms. The average molecular weight is 225 g/mol. The molecule has 0 aliphatic rings. The molecule has 0 spiro atoms. The Morgan fingerprint density at radius 1 is 1.18 bits per heavy atom. The summed E-state index contributed by atoms with van der Waals surface area (Å²) in [4.78, 5) is 15.7. The van der Waals surface area contributed by atoms with Crippen molar-refractivity contribution in [3.8, 4) is 0 Å². The number of nitrogens with one attached hydrogen (secondary N) is 2. The molecule has 3 heterocycles. The highest BCUT2D eigenvalue weighted by Crippen LogP contribution is 2.10. The lowest BCUT2D eigenvalue weighted by atomic mass is 10.3. The van der Waals surface area contributed by atoms with Crippen LogP contribution in [0.1, 0.15) is 5.56 Å². The van der Waals surface area contributed by atoms with Gasteiger partial charge >= 0.3 is 0 Å². The summed E-state index contributed by atoms with van der Waals surface area (Å²) in [7, 11) is 0. The van der Waals surface area contributed by atoms with Crippen LogP contribution in [-0.4, -0.2) is 19.9 Å². The molecule has 0 aromatic carbocycles. The van der Waals surface area contributed by atoms with Crippen LogP contribution in [0.25, 0.3) is 11.2 Å². The SMILES string of the molecule is c1cc(CNc2cnc3[nH]ccc3n2)ccn1. The Bertz CT molecular complexity index is 617. The van der Waals surface area contributed by atoms with Gasteiger partial charge in [0, 0.05) is 25.1 Å². The number of anilines is 1. The molecular formula is C12H11N5. The number of hydrogen-bond donors (Lipinski definition) is 2. The first-order chi connectivity index (χ1) is 8.42. The van der Waals surface area contributed by atoms with Crippen LogP contribution in [0.2, 0.25) is 0 Å². The maximum absolute atomic E-state index is 4.43. The largest absolute Gasteiger partial charge is 0.365 e. The fourth-order valence-electron chi connectivity index (χ4n) is 1.61. The molecule has 0 radical (unpaired) electrons. The number of hydrogen-bond acceptors (Lipinski definition) is 4. The molecule has 5 nitrogen and oxygen atoms in total. The number of pyridine rings is 1. The molecular weight excluding hydrogens is 214 g/mol. The van der Waals surface area contributed by atoms with Gasteiger partial charge in [-0.25, -0.2) is 9.97 Å². The average Bonchev–Trinajstić information content (AvgIpc) is 2.85. The molecule has 0 bridgehead atoms. The van der Waals surface area contributed by atoms with Crippen molar-refractivity contribution < 1.29 is 0 Å². The standard InChI is InChI=1S/C12H11N5/c1-4-13-5-2-9(1)7-15-11-8-16-12-10(17-11)3-6-14-12/h1-6,8H,7H2,(H,14,16)(H,15,17). The van der Waals surface area contributed by atoms with Crippen LogP contribution in [0, 0.1) is 0 Å². The van der Waals surface area contributed by atoms with Crippen molar-refractivity contribution in [1.29, 1.82) is 0 Å². The van der Waals surface area contributed by atoms with E-state index in [4.69, 9.17) is 0 Å². The highest BCUT2D eigenvalue weighted by Gasteiger charge is 1.99. The zero-order chi connectivity index (χ0) is 11.5. The first-order valence-corrected chi connectivity index (χ1v) is 5.35. The van der Waals surface area contributed by atoms with Crippen LogP contribution in [0.5, 0.6) is 0 Å². The maximum atomic E-state index is 4.43. The van der Waals surface area contributed by atoms with E-state index < -0.39 is 0 Å². The van der Waals surface area contributed by atoms with Gasteiger partial charge < -0.3 is 10.3 Å². The van der Waals surface area contributed by atoms with Gasteiger partial charge in [0.15, 0.2) is 5.65 Å². The Kier molecular flexibility index (Phi) is 2.42. The van der Waals surface area contributed by atoms with E-state index in [2.05, 4.69) is 25.3 Å². The minimum Gasteiger partial charge on any atom is -0.365 e. The van der Waals surface area contributed by atoms with Crippen LogP contribution in [0.4, 0.5) is 5.82 Å². The van der Waals surface area contributed by atoms with Crippen molar-refractivity contribution in [2.75, 3.05) is 5.32 Å². The summed E-state index contributed by atoms with van der Waals surface area (Å²) in [6, 6.07) is 5.84. The summed E-state index contributed by atoms with van der Waals surface area (Å²) in [5.41, 5.74) is 2.83. The zero-order valence-electron chi connectivity index (χ0n) is 9.09. The molecule has 17 heavy (non-hydrogen) atoms. The van der Waals surface area contributed by atoms with Crippen molar-refractivity contribution in [3.05, 3.63) is 48.5 Å². The highest BCUT2D eigenvalue weighted by molar-refractivity contribution is 5.71. The lowest BCUT2D eigenvalue weighted by Gasteiger charge is -2.04. The van der Waals surface area contributed by atoms with Crippen LogP contribution in [-0.2, 0) is 6.54 Å². The van der Waals surface area contributed by atoms with Gasteiger partial charge in [0.05, 0.1) is 6.20 Å². The van der Waals surface area contributed by atoms with E-state index >= 15 is 0 Å². The normalized spacial score (nSPS) is 10.6. The highest BCUT2D eigenvalue weighted by atomic mass is 15.0.